The third kappa shape index (κ3) is 5.09. The van der Waals surface area contributed by atoms with Crippen LogP contribution in [0.25, 0.3) is 34.3 Å². The number of ether oxygens (including phenoxy) is 1. The Bertz CT molecular complexity index is 1340. The molecule has 0 bridgehead atoms. The first-order valence-corrected chi connectivity index (χ1v) is 12.7. The van der Waals surface area contributed by atoms with Gasteiger partial charge in [-0.1, -0.05) is 6.07 Å². The summed E-state index contributed by atoms with van der Waals surface area (Å²) in [6.45, 7) is 1.82. The lowest BCUT2D eigenvalue weighted by Gasteiger charge is -2.24. The van der Waals surface area contributed by atoms with Gasteiger partial charge in [-0.25, -0.2) is 14.4 Å². The van der Waals surface area contributed by atoms with Gasteiger partial charge in [-0.2, -0.15) is 0 Å². The van der Waals surface area contributed by atoms with Crippen molar-refractivity contribution >= 4 is 17.0 Å². The summed E-state index contributed by atoms with van der Waals surface area (Å²) in [5.41, 5.74) is 8.52. The maximum absolute atomic E-state index is 14.6. The van der Waals surface area contributed by atoms with Gasteiger partial charge in [0.2, 0.25) is 0 Å². The molecule has 0 amide bonds. The number of halogens is 1. The number of nitrogens with zero attached hydrogens (tertiary/aromatic N) is 4. The molecule has 0 spiro atoms. The number of anilines is 1. The summed E-state index contributed by atoms with van der Waals surface area (Å²) in [5.74, 6) is -0.308. The normalized spacial score (nSPS) is 15.2. The first-order chi connectivity index (χ1) is 17.5. The molecular formula is C25H25FN6O3S. The topological polar surface area (TPSA) is 135 Å². The van der Waals surface area contributed by atoms with Gasteiger partial charge in [0.05, 0.1) is 30.7 Å². The zero-order valence-corrected chi connectivity index (χ0v) is 20.4. The van der Waals surface area contributed by atoms with E-state index in [9.17, 15) is 8.94 Å². The number of nitrogens with one attached hydrogen (secondary N) is 1. The van der Waals surface area contributed by atoms with Crippen LogP contribution in [0.5, 0.6) is 0 Å². The van der Waals surface area contributed by atoms with Crippen molar-refractivity contribution in [1.29, 1.82) is 0 Å². The van der Waals surface area contributed by atoms with Crippen LogP contribution in [0.4, 0.5) is 10.2 Å². The van der Waals surface area contributed by atoms with Crippen molar-refractivity contribution < 1.29 is 18.1 Å². The number of nitrogen functional groups attached to an aromatic ring is 1. The van der Waals surface area contributed by atoms with Gasteiger partial charge in [0.15, 0.2) is 16.4 Å². The maximum Gasteiger partial charge on any atom is 0.270 e. The number of aromatic nitrogens is 4. The lowest BCUT2D eigenvalue weighted by atomic mass is 10.1. The van der Waals surface area contributed by atoms with Crippen LogP contribution in [0, 0.1) is 5.82 Å². The SMILES string of the molecule is CNCc1ccc(-c2nnc(-c3nc(-c4ccc([S+]([O-])C5CCOCC5)cc4)cnc3N)o2)c(F)c1. The Balaban J connectivity index is 1.38. The fourth-order valence-electron chi connectivity index (χ4n) is 4.01. The third-order valence-electron chi connectivity index (χ3n) is 5.93. The van der Waals surface area contributed by atoms with Crippen LogP contribution in [0.15, 0.2) is 58.0 Å². The van der Waals surface area contributed by atoms with Gasteiger partial charge in [-0.05, 0) is 60.2 Å². The molecule has 1 aliphatic heterocycles. The summed E-state index contributed by atoms with van der Waals surface area (Å²) in [5, 5.41) is 11.1. The van der Waals surface area contributed by atoms with E-state index >= 15 is 0 Å². The van der Waals surface area contributed by atoms with Gasteiger partial charge in [0.1, 0.15) is 11.1 Å². The predicted molar refractivity (Wildman–Crippen MR) is 134 cm³/mol. The Morgan fingerprint density at radius 3 is 2.58 bits per heavy atom. The smallest absolute Gasteiger partial charge is 0.270 e. The second-order valence-electron chi connectivity index (χ2n) is 8.38. The average Bonchev–Trinajstić information content (AvgIpc) is 3.39. The fraction of sp³-hybridized carbons (Fsp3) is 0.280. The Kier molecular flexibility index (Phi) is 7.23. The van der Waals surface area contributed by atoms with Crippen molar-refractivity contribution in [1.82, 2.24) is 25.5 Å². The monoisotopic (exact) mass is 508 g/mol. The Labute approximate surface area is 210 Å². The Hall–Kier alpha value is -3.38. The maximum atomic E-state index is 14.6. The molecule has 0 aliphatic carbocycles. The van der Waals surface area contributed by atoms with Crippen molar-refractivity contribution in [2.24, 2.45) is 0 Å². The van der Waals surface area contributed by atoms with Gasteiger partial charge in [0, 0.05) is 24.9 Å². The van der Waals surface area contributed by atoms with Crippen LogP contribution in [0.1, 0.15) is 18.4 Å². The number of hydrogen-bond donors (Lipinski definition) is 2. The Morgan fingerprint density at radius 2 is 1.86 bits per heavy atom. The molecule has 5 rings (SSSR count). The number of nitrogens with two attached hydrogens (primary N) is 1. The lowest BCUT2D eigenvalue weighted by Crippen LogP contribution is -2.28. The van der Waals surface area contributed by atoms with Gasteiger partial charge in [-0.3, -0.25) is 0 Å². The summed E-state index contributed by atoms with van der Waals surface area (Å²) in [7, 11) is 1.79. The van der Waals surface area contributed by atoms with E-state index in [-0.39, 0.29) is 34.1 Å². The molecule has 0 radical (unpaired) electrons. The molecule has 1 unspecified atom stereocenters. The van der Waals surface area contributed by atoms with E-state index in [4.69, 9.17) is 14.9 Å². The zero-order valence-electron chi connectivity index (χ0n) is 19.6. The Morgan fingerprint density at radius 1 is 1.11 bits per heavy atom. The molecule has 11 heteroatoms. The number of rotatable bonds is 7. The highest BCUT2D eigenvalue weighted by molar-refractivity contribution is 7.92. The molecule has 36 heavy (non-hydrogen) atoms. The molecule has 3 heterocycles. The molecule has 2 aromatic heterocycles. The van der Waals surface area contributed by atoms with Crippen LogP contribution >= 0.6 is 0 Å². The number of hydrogen-bond acceptors (Lipinski definition) is 9. The standard InChI is InChI=1S/C25H25FN6O3S/c1-28-13-15-2-7-19(20(26)12-15)24-31-32-25(35-24)22-23(27)29-14-21(30-22)16-3-5-17(6-4-16)36(33)18-8-10-34-11-9-18/h2-7,12,14,18,28H,8-11,13H2,1H3,(H2,27,29). The van der Waals surface area contributed by atoms with Crippen molar-refractivity contribution in [2.45, 2.75) is 29.5 Å². The summed E-state index contributed by atoms with van der Waals surface area (Å²) in [6, 6.07) is 12.2. The quantitative estimate of drug-likeness (QED) is 0.359. The second kappa shape index (κ2) is 10.7. The molecular weight excluding hydrogens is 483 g/mol. The third-order valence-corrected chi connectivity index (χ3v) is 7.74. The van der Waals surface area contributed by atoms with E-state index in [2.05, 4.69) is 25.5 Å². The molecule has 4 aromatic rings. The first-order valence-electron chi connectivity index (χ1n) is 11.5. The van der Waals surface area contributed by atoms with Gasteiger partial charge in [0.25, 0.3) is 11.8 Å². The average molecular weight is 509 g/mol. The largest absolute Gasteiger partial charge is 0.611 e. The van der Waals surface area contributed by atoms with Crippen LogP contribution in [0.2, 0.25) is 0 Å². The van der Waals surface area contributed by atoms with Crippen molar-refractivity contribution in [3.63, 3.8) is 0 Å². The van der Waals surface area contributed by atoms with E-state index in [1.54, 1.807) is 25.4 Å². The molecule has 3 N–H and O–H groups in total. The highest BCUT2D eigenvalue weighted by Gasteiger charge is 2.27. The number of benzene rings is 2. The van der Waals surface area contributed by atoms with Crippen molar-refractivity contribution in [3.8, 4) is 34.3 Å². The van der Waals surface area contributed by atoms with E-state index in [0.717, 1.165) is 28.9 Å². The van der Waals surface area contributed by atoms with E-state index < -0.39 is 17.0 Å². The minimum absolute atomic E-state index is 0.0186. The van der Waals surface area contributed by atoms with Gasteiger partial charge >= 0.3 is 0 Å². The molecule has 9 nitrogen and oxygen atoms in total. The molecule has 1 saturated heterocycles. The summed E-state index contributed by atoms with van der Waals surface area (Å²) < 4.78 is 38.6. The van der Waals surface area contributed by atoms with Gasteiger partial charge < -0.3 is 24.8 Å². The van der Waals surface area contributed by atoms with Gasteiger partial charge in [-0.15, -0.1) is 10.2 Å². The van der Waals surface area contributed by atoms with Crippen LogP contribution in [-0.2, 0) is 22.5 Å². The molecule has 186 valence electrons. The second-order valence-corrected chi connectivity index (χ2v) is 10.1. The van der Waals surface area contributed by atoms with Crippen LogP contribution in [-0.4, -0.2) is 50.2 Å². The highest BCUT2D eigenvalue weighted by Crippen LogP contribution is 2.30. The summed E-state index contributed by atoms with van der Waals surface area (Å²) in [4.78, 5) is 9.56. The van der Waals surface area contributed by atoms with Crippen molar-refractivity contribution in [2.75, 3.05) is 26.0 Å². The highest BCUT2D eigenvalue weighted by atomic mass is 32.2. The minimum atomic E-state index is -1.10. The first kappa shape index (κ1) is 24.3. The van der Waals surface area contributed by atoms with Crippen LogP contribution in [0.3, 0.4) is 0 Å². The van der Waals surface area contributed by atoms with Crippen LogP contribution < -0.4 is 11.1 Å². The van der Waals surface area contributed by atoms with E-state index in [1.165, 1.54) is 6.07 Å². The van der Waals surface area contributed by atoms with E-state index in [0.29, 0.717) is 25.5 Å². The predicted octanol–water partition coefficient (Wildman–Crippen LogP) is 3.59. The van der Waals surface area contributed by atoms with Crippen molar-refractivity contribution in [3.05, 3.63) is 60.0 Å². The molecule has 2 aromatic carbocycles. The molecule has 1 aliphatic rings. The summed E-state index contributed by atoms with van der Waals surface area (Å²) >= 11 is -1.10. The zero-order chi connectivity index (χ0) is 25.1. The molecule has 1 fully saturated rings. The van der Waals surface area contributed by atoms with E-state index in [1.807, 2.05) is 24.3 Å². The lowest BCUT2D eigenvalue weighted by molar-refractivity contribution is 0.0983. The molecule has 1 atom stereocenters. The summed E-state index contributed by atoms with van der Waals surface area (Å²) in [6.07, 6.45) is 3.12. The molecule has 0 saturated carbocycles. The fourth-order valence-corrected chi connectivity index (χ4v) is 5.42. The minimum Gasteiger partial charge on any atom is -0.611 e.